The minimum absolute atomic E-state index is 0.0133. The topological polar surface area (TPSA) is 167 Å². The first-order valence-corrected chi connectivity index (χ1v) is 27.9. The number of halogens is 8. The summed E-state index contributed by atoms with van der Waals surface area (Å²) in [6.07, 6.45) is -9.80. The molecule has 90 heavy (non-hydrogen) atoms. The number of carbonyl (C=O) groups excluding carboxylic acids is 3. The molecule has 0 saturated heterocycles. The standard InChI is InChI=1S/C67H50BF8N3O11/c1-9-87-64(83)52-32(3)59(77-34(52)5)58(60-33(4)53(65(84)88-10-2)35(6)79(60)68(75)76)56-49(85-7)28-42(29-50(56)86-8)89-51(80)27-36-15-25-41(26-16-36)78-62(81)46-30-44(37-17-21-39(22-18-37)66(69,70)71)54-43-13-11-12-14-48(43)90-61-45(31-47(63(78)82)55(46)57(54)61)38-19-23-40(24-20-38)67(72,73)74/h11-26,28-31H,9-10,27H2,1-8H3/b59-58-. The molecule has 11 rings (SSSR count). The quantitative estimate of drug-likeness (QED) is 0.0239. The third-order valence-corrected chi connectivity index (χ3v) is 15.8. The van der Waals surface area contributed by atoms with Crippen molar-refractivity contribution in [3.05, 3.63) is 204 Å². The molecule has 0 saturated carbocycles. The number of rotatable bonds is 15. The van der Waals surface area contributed by atoms with E-state index in [2.05, 4.69) is 0 Å². The van der Waals surface area contributed by atoms with Gasteiger partial charge in [-0.2, -0.15) is 26.3 Å². The first-order chi connectivity index (χ1) is 42.8. The maximum Gasteiger partial charge on any atom is 0.677 e. The minimum Gasteiger partial charge on any atom is -0.496 e. The number of aromatic nitrogens is 2. The van der Waals surface area contributed by atoms with Crippen molar-refractivity contribution in [1.82, 2.24) is 9.05 Å². The molecule has 3 aromatic heterocycles. The van der Waals surface area contributed by atoms with Gasteiger partial charge in [0, 0.05) is 67.0 Å². The minimum atomic E-state index is -4.69. The third-order valence-electron chi connectivity index (χ3n) is 15.8. The molecule has 0 unspecified atom stereocenters. The lowest BCUT2D eigenvalue weighted by Gasteiger charge is -2.21. The number of pyridine rings is 1. The van der Waals surface area contributed by atoms with Crippen LogP contribution in [0.15, 0.2) is 157 Å². The van der Waals surface area contributed by atoms with E-state index in [1.807, 2.05) is 0 Å². The molecule has 1 aliphatic heterocycles. The maximum atomic E-state index is 15.5. The number of carbonyl (C=O) groups is 3. The zero-order valence-electron chi connectivity index (χ0n) is 49.1. The normalized spacial score (nSPS) is 13.4. The summed E-state index contributed by atoms with van der Waals surface area (Å²) in [6.45, 7) is 9.04. The number of benzene rings is 7. The second-order valence-electron chi connectivity index (χ2n) is 21.1. The van der Waals surface area contributed by atoms with E-state index in [0.29, 0.717) is 20.8 Å². The molecule has 14 nitrogen and oxygen atoms in total. The van der Waals surface area contributed by atoms with Gasteiger partial charge < -0.3 is 32.6 Å². The largest absolute Gasteiger partial charge is 0.677 e. The summed E-state index contributed by atoms with van der Waals surface area (Å²) in [4.78, 5) is 75.7. The van der Waals surface area contributed by atoms with Crippen LogP contribution in [0.25, 0.3) is 77.0 Å². The molecule has 10 aromatic rings. The number of esters is 3. The van der Waals surface area contributed by atoms with E-state index in [0.717, 1.165) is 28.8 Å². The summed E-state index contributed by atoms with van der Waals surface area (Å²) >= 11 is 0. The van der Waals surface area contributed by atoms with Crippen LogP contribution in [0.5, 0.6) is 17.2 Å². The molecule has 0 atom stereocenters. The highest BCUT2D eigenvalue weighted by molar-refractivity contribution is 6.42. The van der Waals surface area contributed by atoms with Crippen molar-refractivity contribution in [3.63, 3.8) is 0 Å². The van der Waals surface area contributed by atoms with Gasteiger partial charge in [0.05, 0.1) is 78.8 Å². The van der Waals surface area contributed by atoms with Crippen molar-refractivity contribution in [3.8, 4) is 45.2 Å². The number of nitrogens with zero attached hydrogens (tertiary/aromatic N) is 3. The lowest BCUT2D eigenvalue weighted by atomic mass is 9.87. The van der Waals surface area contributed by atoms with Crippen molar-refractivity contribution in [1.29, 1.82) is 0 Å². The third kappa shape index (κ3) is 10.5. The number of fused-ring (bicyclic) bond motifs is 2. The van der Waals surface area contributed by atoms with Gasteiger partial charge in [0.2, 0.25) is 0 Å². The van der Waals surface area contributed by atoms with Gasteiger partial charge in [0.1, 0.15) is 28.4 Å². The van der Waals surface area contributed by atoms with Gasteiger partial charge in [-0.3, -0.25) is 28.0 Å². The monoisotopic (exact) mass is 1240 g/mol. The van der Waals surface area contributed by atoms with Crippen molar-refractivity contribution in [2.75, 3.05) is 27.4 Å². The summed E-state index contributed by atoms with van der Waals surface area (Å²) in [6, 6.07) is 26.4. The SMILES string of the molecule is CCOC(=O)C1=C(C)/C(=C(\c2c(OC)cc(OC(=O)Cc3ccc(-n4c(=O)c5cc(-c6ccc(C(F)(F)F)cc6)c6oc7ccccc7c7c(-c8ccc(C(F)(F)F)cc8)cc(c4=O)c5c67)cc3)cc2OC)c2c(C)c(C(=O)OCC)c(C)n2B(F)F)N=C1C. The van der Waals surface area contributed by atoms with Crippen LogP contribution >= 0.6 is 0 Å². The molecule has 0 aliphatic carbocycles. The average Bonchev–Trinajstić information content (AvgIpc) is 0.834. The highest BCUT2D eigenvalue weighted by Gasteiger charge is 2.39. The Morgan fingerprint density at radius 1 is 0.633 bits per heavy atom. The number of ether oxygens (including phenoxy) is 5. The van der Waals surface area contributed by atoms with E-state index in [1.165, 1.54) is 101 Å². The van der Waals surface area contributed by atoms with Gasteiger partial charge in [0.25, 0.3) is 11.1 Å². The molecule has 0 bridgehead atoms. The van der Waals surface area contributed by atoms with Gasteiger partial charge in [0.15, 0.2) is 0 Å². The Bertz CT molecular complexity index is 4790. The highest BCUT2D eigenvalue weighted by atomic mass is 19.4. The van der Waals surface area contributed by atoms with Crippen molar-refractivity contribution in [2.45, 2.75) is 60.3 Å². The van der Waals surface area contributed by atoms with Crippen LogP contribution in [0.1, 0.15) is 77.3 Å². The summed E-state index contributed by atoms with van der Waals surface area (Å²) in [7, 11) is -0.698. The van der Waals surface area contributed by atoms with E-state index < -0.39 is 66.3 Å². The molecule has 7 aromatic carbocycles. The van der Waals surface area contributed by atoms with Crippen LogP contribution in [0, 0.1) is 13.8 Å². The fourth-order valence-corrected chi connectivity index (χ4v) is 11.9. The van der Waals surface area contributed by atoms with Gasteiger partial charge in [-0.25, -0.2) is 14.2 Å². The lowest BCUT2D eigenvalue weighted by molar-refractivity contribution is -0.138. The van der Waals surface area contributed by atoms with E-state index in [9.17, 15) is 40.7 Å². The Balaban J connectivity index is 1.01. The lowest BCUT2D eigenvalue weighted by Crippen LogP contribution is -2.32. The summed E-state index contributed by atoms with van der Waals surface area (Å²) in [5.74, 6) is -2.75. The van der Waals surface area contributed by atoms with Crippen molar-refractivity contribution < 1.29 is 77.5 Å². The molecule has 0 N–H and O–H groups in total. The Labute approximate surface area is 506 Å². The zero-order valence-corrected chi connectivity index (χ0v) is 49.1. The number of allylic oxidation sites excluding steroid dienone is 1. The molecule has 0 radical (unpaired) electrons. The van der Waals surface area contributed by atoms with Gasteiger partial charge in [-0.15, -0.1) is 0 Å². The molecule has 0 amide bonds. The van der Waals surface area contributed by atoms with Gasteiger partial charge >= 0.3 is 37.7 Å². The Hall–Kier alpha value is -10.3. The second kappa shape index (κ2) is 23.3. The molecule has 23 heteroatoms. The molecule has 4 heterocycles. The number of para-hydroxylation sites is 1. The van der Waals surface area contributed by atoms with Crippen LogP contribution in [-0.2, 0) is 37.8 Å². The van der Waals surface area contributed by atoms with Gasteiger partial charge in [-0.1, -0.05) is 54.6 Å². The fourth-order valence-electron chi connectivity index (χ4n) is 11.9. The molecule has 458 valence electrons. The summed E-state index contributed by atoms with van der Waals surface area (Å²) in [5, 5.41) is 1.10. The zero-order chi connectivity index (χ0) is 64.6. The summed E-state index contributed by atoms with van der Waals surface area (Å²) in [5.41, 5.74) is -1.86. The predicted octanol–water partition coefficient (Wildman–Crippen LogP) is 14.9. The van der Waals surface area contributed by atoms with Crippen molar-refractivity contribution >= 4 is 80.1 Å². The number of methoxy groups -OCH3 is 2. The average molecular weight is 1240 g/mol. The van der Waals surface area contributed by atoms with Crippen LogP contribution < -0.4 is 25.3 Å². The summed E-state index contributed by atoms with van der Waals surface area (Å²) < 4.78 is 151. The van der Waals surface area contributed by atoms with Gasteiger partial charge in [-0.05, 0) is 130 Å². The first-order valence-electron chi connectivity index (χ1n) is 27.9. The number of hydrogen-bond donors (Lipinski definition) is 0. The first kappa shape index (κ1) is 61.3. The van der Waals surface area contributed by atoms with E-state index in [-0.39, 0.29) is 147 Å². The molecule has 0 fully saturated rings. The fraction of sp³-hybridized carbons (Fsp3) is 0.194. The Morgan fingerprint density at radius 3 is 1.72 bits per heavy atom. The highest BCUT2D eigenvalue weighted by Crippen LogP contribution is 2.50. The van der Waals surface area contributed by atoms with Crippen LogP contribution in [0.2, 0.25) is 0 Å². The molecular formula is C67H50BF8N3O11. The molecule has 0 spiro atoms. The number of hydrogen-bond acceptors (Lipinski definition) is 12. The van der Waals surface area contributed by atoms with E-state index >= 15 is 18.2 Å². The van der Waals surface area contributed by atoms with Crippen LogP contribution in [-0.4, -0.2) is 67.5 Å². The van der Waals surface area contributed by atoms with E-state index in [1.54, 1.807) is 52.0 Å². The van der Waals surface area contributed by atoms with E-state index in [4.69, 9.17) is 33.1 Å². The van der Waals surface area contributed by atoms with Crippen molar-refractivity contribution in [2.24, 2.45) is 4.99 Å². The van der Waals surface area contributed by atoms with Crippen LogP contribution in [0.3, 0.4) is 0 Å². The smallest absolute Gasteiger partial charge is 0.496 e. The number of alkyl halides is 6. The number of aliphatic imine (C=N–C) groups is 1. The molecular weight excluding hydrogens is 1190 g/mol. The predicted molar refractivity (Wildman–Crippen MR) is 323 cm³/mol. The van der Waals surface area contributed by atoms with Crippen LogP contribution in [0.4, 0.5) is 35.0 Å². The Kier molecular flexibility index (Phi) is 15.9. The maximum absolute atomic E-state index is 15.5. The second-order valence-corrected chi connectivity index (χ2v) is 21.1. The molecule has 1 aliphatic rings. The Morgan fingerprint density at radius 2 is 1.18 bits per heavy atom.